The highest BCUT2D eigenvalue weighted by Gasteiger charge is 2.21. The third-order valence-electron chi connectivity index (χ3n) is 3.44. The van der Waals surface area contributed by atoms with Crippen LogP contribution in [-0.2, 0) is 6.61 Å². The average molecular weight is 312 g/mol. The van der Waals surface area contributed by atoms with E-state index in [9.17, 15) is 0 Å². The normalized spacial score (nSPS) is 12.7. The Morgan fingerprint density at radius 2 is 1.79 bits per heavy atom. The van der Waals surface area contributed by atoms with Gasteiger partial charge in [-0.3, -0.25) is 0 Å². The molecule has 0 spiro atoms. The predicted molar refractivity (Wildman–Crippen MR) is 79.2 cm³/mol. The zero-order chi connectivity index (χ0) is 12.8. The van der Waals surface area contributed by atoms with Crippen molar-refractivity contribution >= 4 is 26.8 Å². The third kappa shape index (κ3) is 1.58. The molecule has 92 valence electrons. The Hall–Kier alpha value is -1.87. The summed E-state index contributed by atoms with van der Waals surface area (Å²) in [5.41, 5.74) is 4.21. The van der Waals surface area contributed by atoms with Gasteiger partial charge < -0.3 is 4.74 Å². The second-order valence-corrected chi connectivity index (χ2v) is 5.35. The van der Waals surface area contributed by atoms with Crippen molar-refractivity contribution in [3.63, 3.8) is 0 Å². The lowest BCUT2D eigenvalue weighted by Crippen LogP contribution is -2.08. The van der Waals surface area contributed by atoms with Gasteiger partial charge in [-0.05, 0) is 34.1 Å². The molecule has 0 bridgehead atoms. The van der Waals surface area contributed by atoms with Crippen molar-refractivity contribution in [2.75, 3.05) is 0 Å². The molecule has 0 saturated carbocycles. The molecule has 1 aliphatic rings. The Kier molecular flexibility index (Phi) is 2.35. The van der Waals surface area contributed by atoms with Gasteiger partial charge in [-0.25, -0.2) is 4.98 Å². The maximum absolute atomic E-state index is 5.81. The fourth-order valence-electron chi connectivity index (χ4n) is 2.50. The molecule has 2 heterocycles. The lowest BCUT2D eigenvalue weighted by atomic mass is 10.0. The fraction of sp³-hybridized carbons (Fsp3) is 0.0625. The van der Waals surface area contributed by atoms with Crippen LogP contribution in [0.4, 0.5) is 0 Å². The van der Waals surface area contributed by atoms with Crippen molar-refractivity contribution in [1.29, 1.82) is 0 Å². The van der Waals surface area contributed by atoms with Gasteiger partial charge in [-0.1, -0.05) is 30.3 Å². The van der Waals surface area contributed by atoms with Crippen LogP contribution in [0.25, 0.3) is 22.2 Å². The maximum Gasteiger partial charge on any atom is 0.129 e. The summed E-state index contributed by atoms with van der Waals surface area (Å²) in [5.74, 6) is 0.907. The van der Waals surface area contributed by atoms with E-state index in [1.807, 2.05) is 36.4 Å². The molecular formula is C16H10BrNO. The fourth-order valence-corrected chi connectivity index (χ4v) is 3.14. The molecule has 0 amide bonds. The molecule has 2 nitrogen and oxygen atoms in total. The maximum atomic E-state index is 5.81. The Labute approximate surface area is 119 Å². The number of hydrogen-bond donors (Lipinski definition) is 0. The molecule has 0 radical (unpaired) electrons. The zero-order valence-electron chi connectivity index (χ0n) is 10.1. The van der Waals surface area contributed by atoms with Crippen molar-refractivity contribution in [2.24, 2.45) is 0 Å². The van der Waals surface area contributed by atoms with Crippen LogP contribution < -0.4 is 4.74 Å². The molecule has 0 fully saturated rings. The second-order valence-electron chi connectivity index (χ2n) is 4.55. The smallest absolute Gasteiger partial charge is 0.129 e. The Morgan fingerprint density at radius 3 is 2.74 bits per heavy atom. The number of nitrogens with zero attached hydrogens (tertiary/aromatic N) is 1. The molecule has 0 saturated heterocycles. The first kappa shape index (κ1) is 11.0. The SMILES string of the molecule is Brc1c2c(nc3ccccc13)-c1ccccc1OC2. The molecule has 0 N–H and O–H groups in total. The molecule has 2 aromatic carbocycles. The summed E-state index contributed by atoms with van der Waals surface area (Å²) in [6, 6.07) is 16.2. The summed E-state index contributed by atoms with van der Waals surface area (Å²) in [7, 11) is 0. The lowest BCUT2D eigenvalue weighted by molar-refractivity contribution is 0.301. The van der Waals surface area contributed by atoms with Gasteiger partial charge in [-0.15, -0.1) is 0 Å². The summed E-state index contributed by atoms with van der Waals surface area (Å²) >= 11 is 3.70. The van der Waals surface area contributed by atoms with Gasteiger partial charge in [0.25, 0.3) is 0 Å². The molecule has 3 aromatic rings. The number of fused-ring (bicyclic) bond motifs is 4. The molecule has 3 heteroatoms. The quantitative estimate of drug-likeness (QED) is 0.607. The summed E-state index contributed by atoms with van der Waals surface area (Å²) in [6.07, 6.45) is 0. The van der Waals surface area contributed by atoms with Gasteiger partial charge in [0.2, 0.25) is 0 Å². The molecule has 0 unspecified atom stereocenters. The third-order valence-corrected chi connectivity index (χ3v) is 4.34. The van der Waals surface area contributed by atoms with E-state index in [0.717, 1.165) is 37.9 Å². The van der Waals surface area contributed by atoms with Gasteiger partial charge in [0.05, 0.1) is 11.2 Å². The highest BCUT2D eigenvalue weighted by Crippen LogP contribution is 2.41. The Balaban J connectivity index is 2.11. The molecule has 0 atom stereocenters. The minimum atomic E-state index is 0.560. The standard InChI is InChI=1S/C16H10BrNO/c17-15-10-5-1-3-7-13(10)18-16-11-6-2-4-8-14(11)19-9-12(15)16/h1-8H,9H2. The lowest BCUT2D eigenvalue weighted by Gasteiger charge is -2.21. The predicted octanol–water partition coefficient (Wildman–Crippen LogP) is 4.56. The first-order chi connectivity index (χ1) is 9.34. The van der Waals surface area contributed by atoms with E-state index in [1.165, 1.54) is 0 Å². The van der Waals surface area contributed by atoms with E-state index in [4.69, 9.17) is 9.72 Å². The molecule has 1 aliphatic heterocycles. The van der Waals surface area contributed by atoms with Gasteiger partial charge in [0.1, 0.15) is 12.4 Å². The molecule has 1 aromatic heterocycles. The van der Waals surface area contributed by atoms with Crippen molar-refractivity contribution in [3.05, 3.63) is 58.6 Å². The van der Waals surface area contributed by atoms with Crippen LogP contribution in [0.3, 0.4) is 0 Å². The van der Waals surface area contributed by atoms with Crippen LogP contribution in [0, 0.1) is 0 Å². The van der Waals surface area contributed by atoms with Gasteiger partial charge in [-0.2, -0.15) is 0 Å². The highest BCUT2D eigenvalue weighted by molar-refractivity contribution is 9.10. The van der Waals surface area contributed by atoms with Gasteiger partial charge in [0, 0.05) is 21.0 Å². The number of para-hydroxylation sites is 2. The number of aromatic nitrogens is 1. The van der Waals surface area contributed by atoms with Gasteiger partial charge in [0.15, 0.2) is 0 Å². The van der Waals surface area contributed by atoms with E-state index < -0.39 is 0 Å². The zero-order valence-corrected chi connectivity index (χ0v) is 11.6. The van der Waals surface area contributed by atoms with E-state index in [2.05, 4.69) is 28.1 Å². The van der Waals surface area contributed by atoms with Crippen LogP contribution in [0.5, 0.6) is 5.75 Å². The molecular weight excluding hydrogens is 302 g/mol. The van der Waals surface area contributed by atoms with Crippen LogP contribution >= 0.6 is 15.9 Å². The van der Waals surface area contributed by atoms with E-state index in [0.29, 0.717) is 6.61 Å². The van der Waals surface area contributed by atoms with Crippen LogP contribution in [0.1, 0.15) is 5.56 Å². The van der Waals surface area contributed by atoms with E-state index in [1.54, 1.807) is 0 Å². The van der Waals surface area contributed by atoms with Crippen molar-refractivity contribution in [1.82, 2.24) is 4.98 Å². The van der Waals surface area contributed by atoms with Crippen molar-refractivity contribution in [3.8, 4) is 17.0 Å². The van der Waals surface area contributed by atoms with Gasteiger partial charge >= 0.3 is 0 Å². The van der Waals surface area contributed by atoms with Crippen molar-refractivity contribution < 1.29 is 4.74 Å². The topological polar surface area (TPSA) is 22.1 Å². The summed E-state index contributed by atoms with van der Waals surface area (Å²) in [5, 5.41) is 1.13. The summed E-state index contributed by atoms with van der Waals surface area (Å²) in [4.78, 5) is 4.81. The summed E-state index contributed by atoms with van der Waals surface area (Å²) < 4.78 is 6.90. The average Bonchev–Trinajstić information content (AvgIpc) is 2.47. The number of ether oxygens (including phenoxy) is 1. The molecule has 0 aliphatic carbocycles. The molecule has 4 rings (SSSR count). The minimum absolute atomic E-state index is 0.560. The van der Waals surface area contributed by atoms with Crippen LogP contribution in [0.2, 0.25) is 0 Å². The highest BCUT2D eigenvalue weighted by atomic mass is 79.9. The number of halogens is 1. The second kappa shape index (κ2) is 4.07. The number of hydrogen-bond acceptors (Lipinski definition) is 2. The van der Waals surface area contributed by atoms with Crippen LogP contribution in [0.15, 0.2) is 53.0 Å². The number of pyridine rings is 1. The Morgan fingerprint density at radius 1 is 1.00 bits per heavy atom. The first-order valence-corrected chi connectivity index (χ1v) is 6.93. The number of benzene rings is 2. The number of rotatable bonds is 0. The van der Waals surface area contributed by atoms with Crippen LogP contribution in [-0.4, -0.2) is 4.98 Å². The summed E-state index contributed by atoms with van der Waals surface area (Å²) in [6.45, 7) is 0.560. The van der Waals surface area contributed by atoms with E-state index in [-0.39, 0.29) is 0 Å². The first-order valence-electron chi connectivity index (χ1n) is 6.14. The monoisotopic (exact) mass is 311 g/mol. The molecule has 19 heavy (non-hydrogen) atoms. The Bertz CT molecular complexity index is 798. The van der Waals surface area contributed by atoms with E-state index >= 15 is 0 Å². The van der Waals surface area contributed by atoms with Crippen molar-refractivity contribution in [2.45, 2.75) is 6.61 Å². The largest absolute Gasteiger partial charge is 0.488 e. The minimum Gasteiger partial charge on any atom is -0.488 e.